The van der Waals surface area contributed by atoms with E-state index < -0.39 is 5.91 Å². The number of carbonyl (C=O) groups is 1. The highest BCUT2D eigenvalue weighted by Gasteiger charge is 2.12. The van der Waals surface area contributed by atoms with E-state index in [1.54, 1.807) is 6.07 Å². The minimum atomic E-state index is -0.624. The molecule has 0 unspecified atom stereocenters. The van der Waals surface area contributed by atoms with Crippen LogP contribution in [0, 0.1) is 11.3 Å². The molecule has 2 aromatic rings. The lowest BCUT2D eigenvalue weighted by molar-refractivity contribution is -0.112. The summed E-state index contributed by atoms with van der Waals surface area (Å²) in [5.74, 6) is -0.708. The van der Waals surface area contributed by atoms with Crippen LogP contribution < -0.4 is 5.32 Å². The molecule has 4 nitrogen and oxygen atoms in total. The molecule has 0 atom stereocenters. The number of benzene rings is 2. The zero-order valence-corrected chi connectivity index (χ0v) is 13.7. The number of phenolic OH excluding ortho intramolecular Hbond substituents is 1. The summed E-state index contributed by atoms with van der Waals surface area (Å²) in [4.78, 5) is 12.2. The number of nitriles is 1. The van der Waals surface area contributed by atoms with Gasteiger partial charge in [0.2, 0.25) is 0 Å². The third-order valence-corrected chi connectivity index (χ3v) is 3.68. The first-order valence-electron chi connectivity index (χ1n) is 6.27. The fourth-order valence-electron chi connectivity index (χ4n) is 1.71. The van der Waals surface area contributed by atoms with E-state index in [-0.39, 0.29) is 21.4 Å². The molecule has 0 aliphatic carbocycles. The molecule has 7 heteroatoms. The summed E-state index contributed by atoms with van der Waals surface area (Å²) < 4.78 is 0. The minimum absolute atomic E-state index is 0.0836. The van der Waals surface area contributed by atoms with Crippen LogP contribution in [0.3, 0.4) is 0 Å². The van der Waals surface area contributed by atoms with Gasteiger partial charge in [0.05, 0.1) is 15.7 Å². The number of phenols is 1. The Morgan fingerprint density at radius 1 is 1.13 bits per heavy atom. The van der Waals surface area contributed by atoms with Gasteiger partial charge in [0.15, 0.2) is 0 Å². The predicted molar refractivity (Wildman–Crippen MR) is 91.8 cm³/mol. The molecule has 23 heavy (non-hydrogen) atoms. The van der Waals surface area contributed by atoms with Gasteiger partial charge in [-0.05, 0) is 42.0 Å². The van der Waals surface area contributed by atoms with Crippen molar-refractivity contribution < 1.29 is 9.90 Å². The second kappa shape index (κ2) is 7.38. The Morgan fingerprint density at radius 2 is 1.87 bits per heavy atom. The van der Waals surface area contributed by atoms with Crippen molar-refractivity contribution in [2.45, 2.75) is 0 Å². The van der Waals surface area contributed by atoms with Crippen molar-refractivity contribution in [3.63, 3.8) is 0 Å². The van der Waals surface area contributed by atoms with Gasteiger partial charge in [-0.1, -0.05) is 40.9 Å². The number of hydrogen-bond acceptors (Lipinski definition) is 3. The third kappa shape index (κ3) is 4.40. The molecule has 116 valence electrons. The molecule has 0 fully saturated rings. The quantitative estimate of drug-likeness (QED) is 0.598. The van der Waals surface area contributed by atoms with Crippen molar-refractivity contribution in [1.29, 1.82) is 5.26 Å². The number of rotatable bonds is 3. The van der Waals surface area contributed by atoms with Gasteiger partial charge in [-0.3, -0.25) is 4.79 Å². The Balaban J connectivity index is 2.26. The zero-order chi connectivity index (χ0) is 17.0. The number of hydrogen-bond donors (Lipinski definition) is 2. The van der Waals surface area contributed by atoms with Crippen LogP contribution >= 0.6 is 34.8 Å². The number of nitrogens with zero attached hydrogens (tertiary/aromatic N) is 1. The highest BCUT2D eigenvalue weighted by atomic mass is 35.5. The van der Waals surface area contributed by atoms with E-state index in [1.165, 1.54) is 36.4 Å². The molecule has 0 saturated carbocycles. The predicted octanol–water partition coefficient (Wildman–Crippen LogP) is 4.90. The molecule has 2 aromatic carbocycles. The normalized spacial score (nSPS) is 11.0. The summed E-state index contributed by atoms with van der Waals surface area (Å²) in [6.07, 6.45) is 1.35. The molecule has 0 radical (unpaired) electrons. The van der Waals surface area contributed by atoms with Crippen LogP contribution in [0.5, 0.6) is 5.75 Å². The summed E-state index contributed by atoms with van der Waals surface area (Å²) in [7, 11) is 0. The molecule has 0 bridgehead atoms. The molecule has 0 heterocycles. The molecule has 0 aliphatic rings. The fourth-order valence-corrected chi connectivity index (χ4v) is 2.35. The Labute approximate surface area is 147 Å². The molecular weight excluding hydrogens is 359 g/mol. The highest BCUT2D eigenvalue weighted by molar-refractivity contribution is 6.37. The first-order chi connectivity index (χ1) is 10.9. The van der Waals surface area contributed by atoms with E-state index in [2.05, 4.69) is 5.32 Å². The van der Waals surface area contributed by atoms with Gasteiger partial charge in [-0.25, -0.2) is 0 Å². The Kier molecular flexibility index (Phi) is 5.51. The van der Waals surface area contributed by atoms with E-state index in [0.717, 1.165) is 0 Å². The van der Waals surface area contributed by atoms with Crippen LogP contribution in [0.15, 0.2) is 42.0 Å². The fraction of sp³-hybridized carbons (Fsp3) is 0. The lowest BCUT2D eigenvalue weighted by Crippen LogP contribution is -2.13. The summed E-state index contributed by atoms with van der Waals surface area (Å²) in [6.45, 7) is 0. The van der Waals surface area contributed by atoms with Gasteiger partial charge in [0.25, 0.3) is 5.91 Å². The van der Waals surface area contributed by atoms with Crippen molar-refractivity contribution in [2.75, 3.05) is 5.32 Å². The first kappa shape index (κ1) is 17.2. The van der Waals surface area contributed by atoms with Gasteiger partial charge in [-0.2, -0.15) is 5.26 Å². The van der Waals surface area contributed by atoms with Crippen molar-refractivity contribution in [1.82, 2.24) is 0 Å². The van der Waals surface area contributed by atoms with Gasteiger partial charge in [-0.15, -0.1) is 0 Å². The second-order valence-electron chi connectivity index (χ2n) is 4.46. The SMILES string of the molecule is N#C/C(=C/c1ccc(O)c(Cl)c1)C(=O)Nc1ccc(Cl)cc1Cl. The smallest absolute Gasteiger partial charge is 0.266 e. The summed E-state index contributed by atoms with van der Waals surface area (Å²) in [5, 5.41) is 21.9. The Bertz CT molecular complexity index is 842. The van der Waals surface area contributed by atoms with Crippen molar-refractivity contribution >= 4 is 52.5 Å². The van der Waals surface area contributed by atoms with Gasteiger partial charge in [0, 0.05) is 5.02 Å². The van der Waals surface area contributed by atoms with Crippen LogP contribution in [0.4, 0.5) is 5.69 Å². The topological polar surface area (TPSA) is 73.1 Å². The van der Waals surface area contributed by atoms with Gasteiger partial charge in [0.1, 0.15) is 17.4 Å². The summed E-state index contributed by atoms with van der Waals surface area (Å²) >= 11 is 17.6. The standard InChI is InChI=1S/C16H9Cl3N2O2/c17-11-2-3-14(12(18)7-11)21-16(23)10(8-20)5-9-1-4-15(22)13(19)6-9/h1-7,22H,(H,21,23)/b10-5-. The lowest BCUT2D eigenvalue weighted by Gasteiger charge is -2.07. The molecule has 2 rings (SSSR count). The van der Waals surface area contributed by atoms with Crippen molar-refractivity contribution in [3.8, 4) is 11.8 Å². The number of amides is 1. The molecular formula is C16H9Cl3N2O2. The monoisotopic (exact) mass is 366 g/mol. The second-order valence-corrected chi connectivity index (χ2v) is 5.71. The highest BCUT2D eigenvalue weighted by Crippen LogP contribution is 2.27. The molecule has 0 spiro atoms. The zero-order valence-electron chi connectivity index (χ0n) is 11.5. The Morgan fingerprint density at radius 3 is 2.48 bits per heavy atom. The maximum absolute atomic E-state index is 12.2. The van der Waals surface area contributed by atoms with Gasteiger partial charge >= 0.3 is 0 Å². The van der Waals surface area contributed by atoms with Crippen molar-refractivity contribution in [3.05, 3.63) is 62.6 Å². The summed E-state index contributed by atoms with van der Waals surface area (Å²) in [5.41, 5.74) is 0.699. The number of anilines is 1. The average Bonchev–Trinajstić information content (AvgIpc) is 2.51. The van der Waals surface area contributed by atoms with Crippen LogP contribution in [0.2, 0.25) is 15.1 Å². The largest absolute Gasteiger partial charge is 0.506 e. The lowest BCUT2D eigenvalue weighted by atomic mass is 10.1. The van der Waals surface area contributed by atoms with E-state index in [9.17, 15) is 9.90 Å². The molecule has 1 amide bonds. The number of halogens is 3. The van der Waals surface area contributed by atoms with E-state index in [0.29, 0.717) is 16.3 Å². The van der Waals surface area contributed by atoms with Crippen LogP contribution in [0.25, 0.3) is 6.08 Å². The number of aromatic hydroxyl groups is 1. The van der Waals surface area contributed by atoms with E-state index in [1.807, 2.05) is 6.07 Å². The minimum Gasteiger partial charge on any atom is -0.506 e. The number of nitrogens with one attached hydrogen (secondary N) is 1. The first-order valence-corrected chi connectivity index (χ1v) is 7.41. The van der Waals surface area contributed by atoms with Crippen LogP contribution in [-0.4, -0.2) is 11.0 Å². The van der Waals surface area contributed by atoms with Crippen LogP contribution in [0.1, 0.15) is 5.56 Å². The summed E-state index contributed by atoms with van der Waals surface area (Å²) in [6, 6.07) is 10.7. The molecule has 0 saturated heterocycles. The maximum Gasteiger partial charge on any atom is 0.266 e. The van der Waals surface area contributed by atoms with E-state index >= 15 is 0 Å². The molecule has 0 aromatic heterocycles. The average molecular weight is 368 g/mol. The van der Waals surface area contributed by atoms with Crippen LogP contribution in [-0.2, 0) is 4.79 Å². The third-order valence-electron chi connectivity index (χ3n) is 2.83. The van der Waals surface area contributed by atoms with Gasteiger partial charge < -0.3 is 10.4 Å². The Hall–Kier alpha value is -2.19. The van der Waals surface area contributed by atoms with Crippen molar-refractivity contribution in [2.24, 2.45) is 0 Å². The molecule has 0 aliphatic heterocycles. The molecule has 2 N–H and O–H groups in total. The maximum atomic E-state index is 12.2. The number of carbonyl (C=O) groups excluding carboxylic acids is 1. The van der Waals surface area contributed by atoms with E-state index in [4.69, 9.17) is 40.1 Å².